The molecule has 0 radical (unpaired) electrons. The Morgan fingerprint density at radius 2 is 1.79 bits per heavy atom. The number of hydrogen-bond acceptors (Lipinski definition) is 7. The number of benzene rings is 2. The van der Waals surface area contributed by atoms with Gasteiger partial charge < -0.3 is 13.9 Å². The second-order valence-corrected chi connectivity index (χ2v) is 6.78. The van der Waals surface area contributed by atoms with Crippen LogP contribution >= 0.6 is 11.8 Å². The van der Waals surface area contributed by atoms with Crippen LogP contribution in [0.3, 0.4) is 0 Å². The first-order valence-electron chi connectivity index (χ1n) is 9.00. The zero-order chi connectivity index (χ0) is 20.6. The Labute approximate surface area is 171 Å². The fourth-order valence-corrected chi connectivity index (χ4v) is 3.11. The predicted molar refractivity (Wildman–Crippen MR) is 108 cm³/mol. The topological polar surface area (TPSA) is 86.5 Å². The SMILES string of the molecule is CCOc1ccc(-c2nnc(NC(=O)CSc3ccc(F)cc3)o2)cc1OCC. The third-order valence-electron chi connectivity index (χ3n) is 3.65. The second-order valence-electron chi connectivity index (χ2n) is 5.73. The van der Waals surface area contributed by atoms with Crippen molar-refractivity contribution >= 4 is 23.7 Å². The van der Waals surface area contributed by atoms with E-state index in [2.05, 4.69) is 15.5 Å². The second kappa shape index (κ2) is 9.92. The zero-order valence-electron chi connectivity index (χ0n) is 16.0. The molecule has 3 aromatic rings. The van der Waals surface area contributed by atoms with Crippen molar-refractivity contribution in [3.8, 4) is 23.0 Å². The van der Waals surface area contributed by atoms with Crippen LogP contribution in [0.15, 0.2) is 51.8 Å². The van der Waals surface area contributed by atoms with Gasteiger partial charge in [-0.3, -0.25) is 10.1 Å². The Morgan fingerprint density at radius 1 is 1.07 bits per heavy atom. The number of amides is 1. The summed E-state index contributed by atoms with van der Waals surface area (Å²) >= 11 is 1.27. The summed E-state index contributed by atoms with van der Waals surface area (Å²) in [7, 11) is 0. The van der Waals surface area contributed by atoms with E-state index in [-0.39, 0.29) is 29.4 Å². The summed E-state index contributed by atoms with van der Waals surface area (Å²) in [6, 6.07) is 11.2. The quantitative estimate of drug-likeness (QED) is 0.516. The number of carbonyl (C=O) groups excluding carboxylic acids is 1. The molecule has 0 unspecified atom stereocenters. The highest BCUT2D eigenvalue weighted by Gasteiger charge is 2.14. The van der Waals surface area contributed by atoms with Crippen LogP contribution in [0.1, 0.15) is 13.8 Å². The molecule has 0 aliphatic rings. The molecule has 0 aliphatic carbocycles. The summed E-state index contributed by atoms with van der Waals surface area (Å²) in [6.07, 6.45) is 0. The molecule has 0 fully saturated rings. The van der Waals surface area contributed by atoms with Crippen LogP contribution < -0.4 is 14.8 Å². The summed E-state index contributed by atoms with van der Waals surface area (Å²) in [4.78, 5) is 12.9. The highest BCUT2D eigenvalue weighted by atomic mass is 32.2. The zero-order valence-corrected chi connectivity index (χ0v) is 16.8. The average molecular weight is 417 g/mol. The number of rotatable bonds is 9. The van der Waals surface area contributed by atoms with Gasteiger partial charge in [0.05, 0.1) is 19.0 Å². The smallest absolute Gasteiger partial charge is 0.322 e. The van der Waals surface area contributed by atoms with Crippen LogP contribution in [-0.4, -0.2) is 35.1 Å². The molecule has 2 aromatic carbocycles. The summed E-state index contributed by atoms with van der Waals surface area (Å²) in [6.45, 7) is 4.78. The van der Waals surface area contributed by atoms with E-state index < -0.39 is 0 Å². The predicted octanol–water partition coefficient (Wildman–Crippen LogP) is 4.40. The molecule has 0 saturated carbocycles. The van der Waals surface area contributed by atoms with E-state index >= 15 is 0 Å². The first-order chi connectivity index (χ1) is 14.1. The fraction of sp³-hybridized carbons (Fsp3) is 0.250. The summed E-state index contributed by atoms with van der Waals surface area (Å²) < 4.78 is 29.6. The number of ether oxygens (including phenoxy) is 2. The molecule has 1 amide bonds. The van der Waals surface area contributed by atoms with Gasteiger partial charge in [-0.05, 0) is 56.3 Å². The highest BCUT2D eigenvalue weighted by Crippen LogP contribution is 2.32. The first kappa shape index (κ1) is 20.7. The van der Waals surface area contributed by atoms with E-state index in [1.54, 1.807) is 30.3 Å². The van der Waals surface area contributed by atoms with Crippen LogP contribution in [0.5, 0.6) is 11.5 Å². The van der Waals surface area contributed by atoms with Crippen molar-refractivity contribution in [1.82, 2.24) is 10.2 Å². The minimum atomic E-state index is -0.320. The maximum absolute atomic E-state index is 12.9. The van der Waals surface area contributed by atoms with Crippen LogP contribution in [0.25, 0.3) is 11.5 Å². The van der Waals surface area contributed by atoms with Crippen molar-refractivity contribution in [3.05, 3.63) is 48.3 Å². The third kappa shape index (κ3) is 5.71. The van der Waals surface area contributed by atoms with Gasteiger partial charge in [0, 0.05) is 10.5 Å². The molecule has 3 rings (SSSR count). The summed E-state index contributed by atoms with van der Waals surface area (Å²) in [5, 5.41) is 10.4. The first-order valence-corrected chi connectivity index (χ1v) is 9.99. The molecule has 29 heavy (non-hydrogen) atoms. The summed E-state index contributed by atoms with van der Waals surface area (Å²) in [5.74, 6) is 0.946. The van der Waals surface area contributed by atoms with E-state index in [4.69, 9.17) is 13.9 Å². The van der Waals surface area contributed by atoms with Gasteiger partial charge in [-0.15, -0.1) is 16.9 Å². The molecule has 1 aromatic heterocycles. The van der Waals surface area contributed by atoms with E-state index in [9.17, 15) is 9.18 Å². The van der Waals surface area contributed by atoms with Gasteiger partial charge in [-0.2, -0.15) is 0 Å². The van der Waals surface area contributed by atoms with Gasteiger partial charge in [-0.25, -0.2) is 4.39 Å². The number of nitrogens with one attached hydrogen (secondary N) is 1. The maximum atomic E-state index is 12.9. The standard InChI is InChI=1S/C20H20FN3O4S/c1-3-26-16-10-5-13(11-17(16)27-4-2)19-23-24-20(28-19)22-18(25)12-29-15-8-6-14(21)7-9-15/h5-11H,3-4,12H2,1-2H3,(H,22,24,25). The van der Waals surface area contributed by atoms with E-state index in [0.717, 1.165) is 4.90 Å². The van der Waals surface area contributed by atoms with Gasteiger partial charge in [0.25, 0.3) is 0 Å². The third-order valence-corrected chi connectivity index (χ3v) is 4.66. The van der Waals surface area contributed by atoms with Crippen molar-refractivity contribution < 1.29 is 23.1 Å². The van der Waals surface area contributed by atoms with Crippen LogP contribution in [-0.2, 0) is 4.79 Å². The molecule has 0 bridgehead atoms. The molecule has 1 N–H and O–H groups in total. The normalized spacial score (nSPS) is 10.6. The average Bonchev–Trinajstić information content (AvgIpc) is 3.17. The molecule has 0 saturated heterocycles. The van der Waals surface area contributed by atoms with E-state index in [0.29, 0.717) is 30.3 Å². The van der Waals surface area contributed by atoms with Gasteiger partial charge in [-0.1, -0.05) is 5.10 Å². The number of hydrogen-bond donors (Lipinski definition) is 1. The van der Waals surface area contributed by atoms with Gasteiger partial charge in [0.1, 0.15) is 5.82 Å². The van der Waals surface area contributed by atoms with E-state index in [1.807, 2.05) is 13.8 Å². The molecular weight excluding hydrogens is 397 g/mol. The van der Waals surface area contributed by atoms with Crippen LogP contribution in [0.2, 0.25) is 0 Å². The van der Waals surface area contributed by atoms with E-state index in [1.165, 1.54) is 23.9 Å². The number of aromatic nitrogens is 2. The Hall–Kier alpha value is -3.07. The Balaban J connectivity index is 1.63. The molecule has 7 nitrogen and oxygen atoms in total. The Kier molecular flexibility index (Phi) is 7.07. The van der Waals surface area contributed by atoms with Crippen LogP contribution in [0, 0.1) is 5.82 Å². The molecule has 0 spiro atoms. The van der Waals surface area contributed by atoms with Crippen molar-refractivity contribution in [3.63, 3.8) is 0 Å². The molecular formula is C20H20FN3O4S. The van der Waals surface area contributed by atoms with Crippen LogP contribution in [0.4, 0.5) is 10.4 Å². The lowest BCUT2D eigenvalue weighted by Crippen LogP contribution is -2.14. The fourth-order valence-electron chi connectivity index (χ4n) is 2.41. The van der Waals surface area contributed by atoms with Crippen molar-refractivity contribution in [2.45, 2.75) is 18.7 Å². The molecule has 152 valence electrons. The number of nitrogens with zero attached hydrogens (tertiary/aromatic N) is 2. The number of carbonyl (C=O) groups is 1. The van der Waals surface area contributed by atoms with Crippen molar-refractivity contribution in [1.29, 1.82) is 0 Å². The maximum Gasteiger partial charge on any atom is 0.322 e. The summed E-state index contributed by atoms with van der Waals surface area (Å²) in [5.41, 5.74) is 0.644. The monoisotopic (exact) mass is 417 g/mol. The lowest BCUT2D eigenvalue weighted by Gasteiger charge is -2.11. The lowest BCUT2D eigenvalue weighted by molar-refractivity contribution is -0.113. The number of halogens is 1. The minimum absolute atomic E-state index is 0.00319. The Bertz CT molecular complexity index is 963. The largest absolute Gasteiger partial charge is 0.490 e. The highest BCUT2D eigenvalue weighted by molar-refractivity contribution is 8.00. The van der Waals surface area contributed by atoms with Gasteiger partial charge in [0.15, 0.2) is 11.5 Å². The van der Waals surface area contributed by atoms with Crippen molar-refractivity contribution in [2.24, 2.45) is 0 Å². The number of thioether (sulfide) groups is 1. The molecule has 9 heteroatoms. The van der Waals surface area contributed by atoms with Crippen molar-refractivity contribution in [2.75, 3.05) is 24.3 Å². The van der Waals surface area contributed by atoms with Gasteiger partial charge >= 0.3 is 6.01 Å². The lowest BCUT2D eigenvalue weighted by atomic mass is 10.2. The minimum Gasteiger partial charge on any atom is -0.490 e. The number of anilines is 1. The molecule has 0 aliphatic heterocycles. The Morgan fingerprint density at radius 3 is 2.52 bits per heavy atom. The molecule has 0 atom stereocenters. The molecule has 1 heterocycles. The van der Waals surface area contributed by atoms with Gasteiger partial charge in [0.2, 0.25) is 11.8 Å².